The van der Waals surface area contributed by atoms with Crippen molar-refractivity contribution in [1.29, 1.82) is 0 Å². The number of hydrogen-bond donors (Lipinski definition) is 2. The van der Waals surface area contributed by atoms with Crippen LogP contribution >= 0.6 is 0 Å². The largest absolute Gasteiger partial charge is 0.394 e. The zero-order chi connectivity index (χ0) is 17.8. The highest BCUT2D eigenvalue weighted by Gasteiger charge is 2.12. The van der Waals surface area contributed by atoms with E-state index in [2.05, 4.69) is 15.4 Å². The molecule has 2 N–H and O–H groups in total. The molecule has 0 amide bonds. The minimum absolute atomic E-state index is 0.00420. The van der Waals surface area contributed by atoms with Crippen molar-refractivity contribution >= 4 is 5.82 Å². The van der Waals surface area contributed by atoms with Crippen molar-refractivity contribution in [2.75, 3.05) is 11.9 Å². The van der Waals surface area contributed by atoms with Crippen LogP contribution in [0, 0.1) is 19.7 Å². The minimum Gasteiger partial charge on any atom is -0.394 e. The normalized spacial score (nSPS) is 10.9. The number of hydrogen-bond acceptors (Lipinski definition) is 4. The summed E-state index contributed by atoms with van der Waals surface area (Å²) in [6.07, 6.45) is 3.38. The van der Waals surface area contributed by atoms with Crippen molar-refractivity contribution in [2.45, 2.75) is 26.9 Å². The Morgan fingerprint density at radius 1 is 1.12 bits per heavy atom. The fourth-order valence-corrected chi connectivity index (χ4v) is 2.74. The van der Waals surface area contributed by atoms with Gasteiger partial charge in [-0.25, -0.2) is 9.07 Å². The molecule has 6 heteroatoms. The Labute approximate surface area is 146 Å². The molecule has 0 fully saturated rings. The molecule has 0 atom stereocenters. The third-order valence-corrected chi connectivity index (χ3v) is 4.25. The zero-order valence-electron chi connectivity index (χ0n) is 14.3. The molecule has 0 spiro atoms. The monoisotopic (exact) mass is 340 g/mol. The number of aliphatic hydroxyl groups excluding tert-OH is 1. The lowest BCUT2D eigenvalue weighted by atomic mass is 10.0. The molecule has 0 saturated heterocycles. The number of aromatic nitrogens is 3. The first kappa shape index (κ1) is 17.1. The van der Waals surface area contributed by atoms with E-state index in [1.165, 1.54) is 6.07 Å². The van der Waals surface area contributed by atoms with Gasteiger partial charge in [-0.05, 0) is 43.2 Å². The molecule has 0 aliphatic carbocycles. The summed E-state index contributed by atoms with van der Waals surface area (Å²) in [5, 5.41) is 16.8. The van der Waals surface area contributed by atoms with Gasteiger partial charge in [-0.3, -0.25) is 4.98 Å². The first-order chi connectivity index (χ1) is 12.1. The standard InChI is InChI=1S/C19H21FN4O/c1-13-14(2)23-24(9-10-25)19(13)22-12-17-4-3-16(11-18(17)20)15-5-7-21-8-6-15/h3-8,11,22,25H,9-10,12H2,1-2H3. The number of benzene rings is 1. The van der Waals surface area contributed by atoms with E-state index in [4.69, 9.17) is 5.11 Å². The molecule has 3 rings (SSSR count). The van der Waals surface area contributed by atoms with Crippen molar-refractivity contribution in [3.8, 4) is 11.1 Å². The maximum absolute atomic E-state index is 14.5. The second-order valence-electron chi connectivity index (χ2n) is 5.90. The third-order valence-electron chi connectivity index (χ3n) is 4.25. The van der Waals surface area contributed by atoms with Crippen LogP contribution in [0.1, 0.15) is 16.8 Å². The molecule has 25 heavy (non-hydrogen) atoms. The molecule has 0 radical (unpaired) electrons. The van der Waals surface area contributed by atoms with Crippen LogP contribution in [0.15, 0.2) is 42.7 Å². The number of nitrogens with one attached hydrogen (secondary N) is 1. The van der Waals surface area contributed by atoms with E-state index >= 15 is 0 Å². The van der Waals surface area contributed by atoms with Gasteiger partial charge >= 0.3 is 0 Å². The summed E-state index contributed by atoms with van der Waals surface area (Å²) in [5.74, 6) is 0.550. The summed E-state index contributed by atoms with van der Waals surface area (Å²) in [7, 11) is 0. The highest BCUT2D eigenvalue weighted by molar-refractivity contribution is 5.63. The topological polar surface area (TPSA) is 63.0 Å². The molecule has 0 aliphatic rings. The average molecular weight is 340 g/mol. The first-order valence-corrected chi connectivity index (χ1v) is 8.17. The smallest absolute Gasteiger partial charge is 0.128 e. The van der Waals surface area contributed by atoms with Crippen molar-refractivity contribution in [2.24, 2.45) is 0 Å². The van der Waals surface area contributed by atoms with Crippen LogP contribution in [0.5, 0.6) is 0 Å². The summed E-state index contributed by atoms with van der Waals surface area (Å²) in [6.45, 7) is 4.63. The predicted octanol–water partition coefficient (Wildman–Crippen LogP) is 3.31. The lowest BCUT2D eigenvalue weighted by Crippen LogP contribution is -2.11. The Hall–Kier alpha value is -2.73. The number of rotatable bonds is 6. The van der Waals surface area contributed by atoms with Crippen LogP contribution in [-0.2, 0) is 13.1 Å². The Morgan fingerprint density at radius 2 is 1.88 bits per heavy atom. The Kier molecular flexibility index (Phi) is 5.09. The van der Waals surface area contributed by atoms with E-state index in [0.29, 0.717) is 18.7 Å². The van der Waals surface area contributed by atoms with Gasteiger partial charge in [0.25, 0.3) is 0 Å². The van der Waals surface area contributed by atoms with Gasteiger partial charge in [-0.15, -0.1) is 0 Å². The average Bonchev–Trinajstić information content (AvgIpc) is 2.89. The summed E-state index contributed by atoms with van der Waals surface area (Å²) < 4.78 is 16.2. The molecular formula is C19H21FN4O. The molecule has 2 aromatic heterocycles. The van der Waals surface area contributed by atoms with E-state index in [9.17, 15) is 4.39 Å². The van der Waals surface area contributed by atoms with Gasteiger partial charge < -0.3 is 10.4 Å². The van der Waals surface area contributed by atoms with Gasteiger partial charge in [-0.2, -0.15) is 5.10 Å². The second-order valence-corrected chi connectivity index (χ2v) is 5.90. The van der Waals surface area contributed by atoms with Gasteiger partial charge in [0.15, 0.2) is 0 Å². The first-order valence-electron chi connectivity index (χ1n) is 8.17. The highest BCUT2D eigenvalue weighted by atomic mass is 19.1. The second kappa shape index (κ2) is 7.44. The number of aliphatic hydroxyl groups is 1. The van der Waals surface area contributed by atoms with Gasteiger partial charge in [0.2, 0.25) is 0 Å². The van der Waals surface area contributed by atoms with Gasteiger partial charge in [-0.1, -0.05) is 12.1 Å². The summed E-state index contributed by atoms with van der Waals surface area (Å²) in [4.78, 5) is 3.98. The Balaban J connectivity index is 1.78. The van der Waals surface area contributed by atoms with Crippen molar-refractivity contribution in [3.63, 3.8) is 0 Å². The van der Waals surface area contributed by atoms with Crippen LogP contribution in [0.2, 0.25) is 0 Å². The molecule has 130 valence electrons. The van der Waals surface area contributed by atoms with Crippen molar-refractivity contribution < 1.29 is 9.50 Å². The van der Waals surface area contributed by atoms with E-state index < -0.39 is 0 Å². The maximum Gasteiger partial charge on any atom is 0.128 e. The predicted molar refractivity (Wildman–Crippen MR) is 95.7 cm³/mol. The van der Waals surface area contributed by atoms with Crippen LogP contribution in [0.3, 0.4) is 0 Å². The molecule has 0 unspecified atom stereocenters. The van der Waals surface area contributed by atoms with E-state index in [-0.39, 0.29) is 12.4 Å². The van der Waals surface area contributed by atoms with Gasteiger partial charge in [0.05, 0.1) is 18.8 Å². The highest BCUT2D eigenvalue weighted by Crippen LogP contribution is 2.23. The summed E-state index contributed by atoms with van der Waals surface area (Å²) in [5.41, 5.74) is 4.22. The lowest BCUT2D eigenvalue weighted by molar-refractivity contribution is 0.270. The molecule has 0 aliphatic heterocycles. The lowest BCUT2D eigenvalue weighted by Gasteiger charge is -2.12. The van der Waals surface area contributed by atoms with E-state index in [1.54, 1.807) is 23.1 Å². The van der Waals surface area contributed by atoms with Gasteiger partial charge in [0, 0.05) is 30.1 Å². The van der Waals surface area contributed by atoms with Crippen LogP contribution in [-0.4, -0.2) is 26.5 Å². The quantitative estimate of drug-likeness (QED) is 0.723. The van der Waals surface area contributed by atoms with Crippen molar-refractivity contribution in [3.05, 3.63) is 65.4 Å². The van der Waals surface area contributed by atoms with Crippen molar-refractivity contribution in [1.82, 2.24) is 14.8 Å². The maximum atomic E-state index is 14.5. The van der Waals surface area contributed by atoms with Crippen LogP contribution in [0.25, 0.3) is 11.1 Å². The van der Waals surface area contributed by atoms with E-state index in [1.807, 2.05) is 32.0 Å². The SMILES string of the molecule is Cc1nn(CCO)c(NCc2ccc(-c3ccncc3)cc2F)c1C. The number of halogens is 1. The molecule has 0 saturated carbocycles. The summed E-state index contributed by atoms with van der Waals surface area (Å²) >= 11 is 0. The Morgan fingerprint density at radius 3 is 2.56 bits per heavy atom. The Bertz CT molecular complexity index is 861. The number of aryl methyl sites for hydroxylation is 1. The molecule has 1 aromatic carbocycles. The fraction of sp³-hybridized carbons (Fsp3) is 0.263. The van der Waals surface area contributed by atoms with Gasteiger partial charge in [0.1, 0.15) is 11.6 Å². The fourth-order valence-electron chi connectivity index (χ4n) is 2.74. The molecule has 2 heterocycles. The number of pyridine rings is 1. The number of anilines is 1. The van der Waals surface area contributed by atoms with Crippen LogP contribution in [0.4, 0.5) is 10.2 Å². The number of nitrogens with zero attached hydrogens (tertiary/aromatic N) is 3. The minimum atomic E-state index is -0.260. The molecule has 5 nitrogen and oxygen atoms in total. The van der Waals surface area contributed by atoms with E-state index in [0.717, 1.165) is 28.2 Å². The third kappa shape index (κ3) is 3.69. The summed E-state index contributed by atoms with van der Waals surface area (Å²) in [6, 6.07) is 8.93. The molecule has 0 bridgehead atoms. The molecular weight excluding hydrogens is 319 g/mol. The van der Waals surface area contributed by atoms with Crippen LogP contribution < -0.4 is 5.32 Å². The molecule has 3 aromatic rings. The zero-order valence-corrected chi connectivity index (χ0v) is 14.3.